The smallest absolute Gasteiger partial charge is 0.141 e. The highest BCUT2D eigenvalue weighted by atomic mass is 16.1. The summed E-state index contributed by atoms with van der Waals surface area (Å²) in [5, 5.41) is 0. The molecule has 17 heavy (non-hydrogen) atoms. The summed E-state index contributed by atoms with van der Waals surface area (Å²) >= 11 is 0. The van der Waals surface area contributed by atoms with E-state index in [9.17, 15) is 4.79 Å². The van der Waals surface area contributed by atoms with Gasteiger partial charge in [0.2, 0.25) is 0 Å². The van der Waals surface area contributed by atoms with Crippen molar-refractivity contribution in [3.63, 3.8) is 0 Å². The molecule has 0 spiro atoms. The zero-order valence-electron chi connectivity index (χ0n) is 10.5. The van der Waals surface area contributed by atoms with E-state index in [0.29, 0.717) is 18.6 Å². The topological polar surface area (TPSA) is 20.3 Å². The molecule has 1 fully saturated rings. The van der Waals surface area contributed by atoms with Gasteiger partial charge in [-0.1, -0.05) is 25.0 Å². The highest BCUT2D eigenvalue weighted by Crippen LogP contribution is 2.30. The summed E-state index contributed by atoms with van der Waals surface area (Å²) < 4.78 is 0. The molecule has 0 radical (unpaired) electrons. The molecule has 1 saturated carbocycles. The van der Waals surface area contributed by atoms with E-state index in [4.69, 9.17) is 0 Å². The van der Waals surface area contributed by atoms with E-state index in [2.05, 4.69) is 17.1 Å². The van der Waals surface area contributed by atoms with Crippen LogP contribution < -0.4 is 0 Å². The summed E-state index contributed by atoms with van der Waals surface area (Å²) in [6.45, 7) is 2.25. The van der Waals surface area contributed by atoms with Gasteiger partial charge in [0, 0.05) is 32.0 Å². The quantitative estimate of drug-likeness (QED) is 0.691. The molecule has 92 valence electrons. The van der Waals surface area contributed by atoms with Gasteiger partial charge in [-0.3, -0.25) is 9.69 Å². The van der Waals surface area contributed by atoms with Crippen LogP contribution >= 0.6 is 0 Å². The molecule has 0 amide bonds. The molecule has 0 saturated heterocycles. The van der Waals surface area contributed by atoms with Crippen LogP contribution in [0.3, 0.4) is 0 Å². The minimum atomic E-state index is 0.384. The zero-order chi connectivity index (χ0) is 11.7. The van der Waals surface area contributed by atoms with Gasteiger partial charge in [0.1, 0.15) is 5.78 Å². The molecule has 0 N–H and O–H groups in total. The summed E-state index contributed by atoms with van der Waals surface area (Å²) in [7, 11) is 0. The lowest BCUT2D eigenvalue weighted by molar-refractivity contribution is -0.117. The van der Waals surface area contributed by atoms with Gasteiger partial charge < -0.3 is 0 Å². The standard InChI is InChI=1S/C15H21NO/c17-15-6-5-12-7-9-16(10-8-13(12)11-15)14-3-1-2-4-14/h5,8,14H,1-4,6-7,9-11H2. The number of Topliss-reactive ketones (excluding diaryl/α,β-unsaturated/α-hetero) is 1. The Balaban J connectivity index is 1.73. The number of fused-ring (bicyclic) bond motifs is 1. The highest BCUT2D eigenvalue weighted by Gasteiger charge is 2.25. The first kappa shape index (κ1) is 11.2. The van der Waals surface area contributed by atoms with Crippen molar-refractivity contribution in [1.29, 1.82) is 0 Å². The van der Waals surface area contributed by atoms with Crippen molar-refractivity contribution in [2.45, 2.75) is 51.0 Å². The van der Waals surface area contributed by atoms with E-state index in [1.807, 2.05) is 0 Å². The molecule has 0 aromatic heterocycles. The van der Waals surface area contributed by atoms with Gasteiger partial charge in [0.25, 0.3) is 0 Å². The maximum Gasteiger partial charge on any atom is 0.141 e. The number of carbonyl (C=O) groups is 1. The minimum Gasteiger partial charge on any atom is -0.299 e. The number of nitrogens with zero attached hydrogens (tertiary/aromatic N) is 1. The lowest BCUT2D eigenvalue weighted by Gasteiger charge is -2.26. The van der Waals surface area contributed by atoms with Gasteiger partial charge in [0.15, 0.2) is 0 Å². The Morgan fingerprint density at radius 3 is 2.76 bits per heavy atom. The van der Waals surface area contributed by atoms with Crippen LogP contribution in [-0.2, 0) is 4.79 Å². The van der Waals surface area contributed by atoms with Crippen LogP contribution in [0.25, 0.3) is 0 Å². The second-order valence-electron chi connectivity index (χ2n) is 5.56. The molecule has 1 heterocycles. The number of allylic oxidation sites excluding steroid dienone is 2. The predicted octanol–water partition coefficient (Wildman–Crippen LogP) is 2.85. The Labute approximate surface area is 103 Å². The third-order valence-electron chi connectivity index (χ3n) is 4.46. The van der Waals surface area contributed by atoms with Gasteiger partial charge in [0.05, 0.1) is 0 Å². The molecule has 2 heteroatoms. The van der Waals surface area contributed by atoms with Crippen molar-refractivity contribution in [2.24, 2.45) is 0 Å². The van der Waals surface area contributed by atoms with Crippen molar-refractivity contribution in [2.75, 3.05) is 13.1 Å². The van der Waals surface area contributed by atoms with Crippen LogP contribution in [0.2, 0.25) is 0 Å². The second-order valence-corrected chi connectivity index (χ2v) is 5.56. The fourth-order valence-electron chi connectivity index (χ4n) is 3.42. The maximum atomic E-state index is 11.5. The van der Waals surface area contributed by atoms with E-state index in [1.165, 1.54) is 43.4 Å². The van der Waals surface area contributed by atoms with Crippen LogP contribution in [0.4, 0.5) is 0 Å². The molecule has 0 bridgehead atoms. The van der Waals surface area contributed by atoms with Gasteiger partial charge in [-0.05, 0) is 30.4 Å². The van der Waals surface area contributed by atoms with Crippen molar-refractivity contribution in [1.82, 2.24) is 4.90 Å². The van der Waals surface area contributed by atoms with Crippen LogP contribution in [0.5, 0.6) is 0 Å². The molecule has 2 nitrogen and oxygen atoms in total. The maximum absolute atomic E-state index is 11.5. The average Bonchev–Trinajstić information content (AvgIpc) is 2.77. The first-order valence-electron chi connectivity index (χ1n) is 6.97. The Morgan fingerprint density at radius 1 is 1.12 bits per heavy atom. The molecule has 3 rings (SSSR count). The molecular formula is C15H21NO. The number of rotatable bonds is 1. The Morgan fingerprint density at radius 2 is 1.94 bits per heavy atom. The fraction of sp³-hybridized carbons (Fsp3) is 0.667. The molecule has 0 aromatic carbocycles. The van der Waals surface area contributed by atoms with Crippen LogP contribution in [-0.4, -0.2) is 29.8 Å². The summed E-state index contributed by atoms with van der Waals surface area (Å²) in [4.78, 5) is 14.1. The van der Waals surface area contributed by atoms with Crippen molar-refractivity contribution in [3.05, 3.63) is 23.3 Å². The van der Waals surface area contributed by atoms with E-state index in [1.54, 1.807) is 0 Å². The fourth-order valence-corrected chi connectivity index (χ4v) is 3.42. The minimum absolute atomic E-state index is 0.384. The molecular weight excluding hydrogens is 210 g/mol. The molecule has 1 aliphatic heterocycles. The molecule has 0 atom stereocenters. The normalized spacial score (nSPS) is 27.4. The van der Waals surface area contributed by atoms with Crippen molar-refractivity contribution in [3.8, 4) is 0 Å². The van der Waals surface area contributed by atoms with Crippen molar-refractivity contribution >= 4 is 5.78 Å². The van der Waals surface area contributed by atoms with E-state index in [0.717, 1.165) is 19.0 Å². The molecule has 0 unspecified atom stereocenters. The summed E-state index contributed by atoms with van der Waals surface area (Å²) in [6.07, 6.45) is 12.5. The molecule has 2 aliphatic carbocycles. The molecule has 0 aromatic rings. The number of hydrogen-bond acceptors (Lipinski definition) is 2. The summed E-state index contributed by atoms with van der Waals surface area (Å²) in [6, 6.07) is 0.809. The van der Waals surface area contributed by atoms with Gasteiger partial charge in [-0.25, -0.2) is 0 Å². The van der Waals surface area contributed by atoms with E-state index < -0.39 is 0 Å². The van der Waals surface area contributed by atoms with Crippen LogP contribution in [0, 0.1) is 0 Å². The summed E-state index contributed by atoms with van der Waals surface area (Å²) in [5.74, 6) is 0.384. The van der Waals surface area contributed by atoms with Gasteiger partial charge in [-0.15, -0.1) is 0 Å². The lowest BCUT2D eigenvalue weighted by Crippen LogP contribution is -2.33. The highest BCUT2D eigenvalue weighted by molar-refractivity contribution is 5.85. The SMILES string of the molecule is O=C1CC=C2CCN(C3CCCC3)CC=C2C1. The average molecular weight is 231 g/mol. The van der Waals surface area contributed by atoms with Crippen LogP contribution in [0.1, 0.15) is 44.9 Å². The first-order valence-corrected chi connectivity index (χ1v) is 6.97. The third kappa shape index (κ3) is 2.37. The summed E-state index contributed by atoms with van der Waals surface area (Å²) in [5.41, 5.74) is 2.77. The monoisotopic (exact) mass is 231 g/mol. The number of ketones is 1. The predicted molar refractivity (Wildman–Crippen MR) is 68.9 cm³/mol. The van der Waals surface area contributed by atoms with E-state index >= 15 is 0 Å². The molecule has 3 aliphatic rings. The number of hydrogen-bond donors (Lipinski definition) is 0. The zero-order valence-corrected chi connectivity index (χ0v) is 10.5. The van der Waals surface area contributed by atoms with Gasteiger partial charge >= 0.3 is 0 Å². The van der Waals surface area contributed by atoms with Crippen LogP contribution in [0.15, 0.2) is 23.3 Å². The number of carbonyl (C=O) groups excluding carboxylic acids is 1. The second kappa shape index (κ2) is 4.77. The first-order chi connectivity index (χ1) is 8.33. The van der Waals surface area contributed by atoms with E-state index in [-0.39, 0.29) is 0 Å². The Hall–Kier alpha value is -0.890. The lowest BCUT2D eigenvalue weighted by atomic mass is 9.91. The Bertz CT molecular complexity index is 374. The van der Waals surface area contributed by atoms with Crippen molar-refractivity contribution < 1.29 is 4.79 Å². The Kier molecular flexibility index (Phi) is 3.15. The van der Waals surface area contributed by atoms with Gasteiger partial charge in [-0.2, -0.15) is 0 Å². The third-order valence-corrected chi connectivity index (χ3v) is 4.46. The largest absolute Gasteiger partial charge is 0.299 e.